The Morgan fingerprint density at radius 1 is 1.17 bits per heavy atom. The molecule has 18 heavy (non-hydrogen) atoms. The third kappa shape index (κ3) is 3.77. The largest absolute Gasteiger partial charge is 0.388 e. The molecule has 0 amide bonds. The van der Waals surface area contributed by atoms with Crippen LogP contribution in [0.4, 0.5) is 5.69 Å². The standard InChI is InChI=1S/C15H18N2S/c1-12-4-3-5-13(8-12)10-18-11-15-9-14(16-2)6-7-17-15/h3-9H,10-11H2,1-2H3,(H,16,17). The molecule has 1 heterocycles. The van der Waals surface area contributed by atoms with Crippen molar-refractivity contribution in [3.63, 3.8) is 0 Å². The van der Waals surface area contributed by atoms with Crippen molar-refractivity contribution < 1.29 is 0 Å². The summed E-state index contributed by atoms with van der Waals surface area (Å²) in [5.41, 5.74) is 4.95. The second-order valence-corrected chi connectivity index (χ2v) is 5.25. The predicted molar refractivity (Wildman–Crippen MR) is 80.0 cm³/mol. The minimum absolute atomic E-state index is 0.948. The van der Waals surface area contributed by atoms with Gasteiger partial charge in [-0.1, -0.05) is 29.8 Å². The molecule has 0 spiro atoms. The van der Waals surface area contributed by atoms with E-state index in [1.807, 2.05) is 31.1 Å². The molecule has 2 nitrogen and oxygen atoms in total. The van der Waals surface area contributed by atoms with E-state index in [2.05, 4.69) is 47.6 Å². The summed E-state index contributed by atoms with van der Waals surface area (Å²) in [6.45, 7) is 2.13. The maximum atomic E-state index is 4.38. The van der Waals surface area contributed by atoms with Gasteiger partial charge in [0.15, 0.2) is 0 Å². The Balaban J connectivity index is 1.88. The molecule has 2 rings (SSSR count). The minimum atomic E-state index is 0.948. The van der Waals surface area contributed by atoms with Gasteiger partial charge in [0, 0.05) is 30.4 Å². The van der Waals surface area contributed by atoms with Gasteiger partial charge in [0.05, 0.1) is 5.69 Å². The Morgan fingerprint density at radius 3 is 2.83 bits per heavy atom. The lowest BCUT2D eigenvalue weighted by molar-refractivity contribution is 1.17. The van der Waals surface area contributed by atoms with Gasteiger partial charge in [-0.05, 0) is 24.6 Å². The van der Waals surface area contributed by atoms with Crippen molar-refractivity contribution in [2.45, 2.75) is 18.4 Å². The SMILES string of the molecule is CNc1ccnc(CSCc2cccc(C)c2)c1. The van der Waals surface area contributed by atoms with E-state index in [-0.39, 0.29) is 0 Å². The number of pyridine rings is 1. The van der Waals surface area contributed by atoms with E-state index in [0.29, 0.717) is 0 Å². The molecular formula is C15H18N2S. The van der Waals surface area contributed by atoms with Gasteiger partial charge in [-0.25, -0.2) is 0 Å². The normalized spacial score (nSPS) is 10.3. The van der Waals surface area contributed by atoms with Gasteiger partial charge in [-0.2, -0.15) is 11.8 Å². The fourth-order valence-corrected chi connectivity index (χ4v) is 2.67. The Labute approximate surface area is 113 Å². The maximum Gasteiger partial charge on any atom is 0.0523 e. The van der Waals surface area contributed by atoms with E-state index in [1.54, 1.807) is 0 Å². The second-order valence-electron chi connectivity index (χ2n) is 4.27. The number of anilines is 1. The molecule has 94 valence electrons. The summed E-state index contributed by atoms with van der Waals surface area (Å²) in [6, 6.07) is 12.7. The number of hydrogen-bond donors (Lipinski definition) is 1. The van der Waals surface area contributed by atoms with E-state index >= 15 is 0 Å². The Bertz CT molecular complexity index is 511. The van der Waals surface area contributed by atoms with Crippen molar-refractivity contribution in [1.29, 1.82) is 0 Å². The molecule has 1 N–H and O–H groups in total. The fourth-order valence-electron chi connectivity index (χ4n) is 1.79. The molecule has 2 aromatic rings. The first kappa shape index (κ1) is 13.0. The lowest BCUT2D eigenvalue weighted by atomic mass is 10.2. The molecule has 0 aliphatic rings. The lowest BCUT2D eigenvalue weighted by Crippen LogP contribution is -1.92. The Hall–Kier alpha value is -1.48. The van der Waals surface area contributed by atoms with Gasteiger partial charge in [0.1, 0.15) is 0 Å². The topological polar surface area (TPSA) is 24.9 Å². The summed E-state index contributed by atoms with van der Waals surface area (Å²) in [6.07, 6.45) is 1.86. The summed E-state index contributed by atoms with van der Waals surface area (Å²) in [4.78, 5) is 4.38. The molecule has 1 aromatic carbocycles. The van der Waals surface area contributed by atoms with Gasteiger partial charge in [-0.15, -0.1) is 0 Å². The van der Waals surface area contributed by atoms with E-state index in [0.717, 1.165) is 22.9 Å². The van der Waals surface area contributed by atoms with Crippen LogP contribution in [0, 0.1) is 6.92 Å². The Morgan fingerprint density at radius 2 is 2.06 bits per heavy atom. The minimum Gasteiger partial charge on any atom is -0.388 e. The average Bonchev–Trinajstić information content (AvgIpc) is 2.39. The molecule has 0 unspecified atom stereocenters. The summed E-state index contributed by atoms with van der Waals surface area (Å²) in [5, 5.41) is 3.13. The van der Waals surface area contributed by atoms with Crippen LogP contribution in [0.3, 0.4) is 0 Å². The maximum absolute atomic E-state index is 4.38. The summed E-state index contributed by atoms with van der Waals surface area (Å²) >= 11 is 1.90. The lowest BCUT2D eigenvalue weighted by Gasteiger charge is -2.05. The smallest absolute Gasteiger partial charge is 0.0523 e. The Kier molecular flexibility index (Phi) is 4.65. The van der Waals surface area contributed by atoms with Crippen LogP contribution >= 0.6 is 11.8 Å². The summed E-state index contributed by atoms with van der Waals surface area (Å²) < 4.78 is 0. The van der Waals surface area contributed by atoms with E-state index < -0.39 is 0 Å². The van der Waals surface area contributed by atoms with Crippen LogP contribution in [0.1, 0.15) is 16.8 Å². The molecular weight excluding hydrogens is 240 g/mol. The second kappa shape index (κ2) is 6.45. The molecule has 0 radical (unpaired) electrons. The quantitative estimate of drug-likeness (QED) is 0.881. The highest BCUT2D eigenvalue weighted by molar-refractivity contribution is 7.97. The van der Waals surface area contributed by atoms with Crippen molar-refractivity contribution in [3.8, 4) is 0 Å². The van der Waals surface area contributed by atoms with Crippen molar-refractivity contribution in [2.24, 2.45) is 0 Å². The third-order valence-electron chi connectivity index (χ3n) is 2.71. The van der Waals surface area contributed by atoms with Crippen molar-refractivity contribution in [1.82, 2.24) is 4.98 Å². The highest BCUT2D eigenvalue weighted by atomic mass is 32.2. The monoisotopic (exact) mass is 258 g/mol. The molecule has 0 saturated heterocycles. The summed E-state index contributed by atoms with van der Waals surface area (Å²) in [5.74, 6) is 1.98. The van der Waals surface area contributed by atoms with Crippen LogP contribution in [0.5, 0.6) is 0 Å². The van der Waals surface area contributed by atoms with E-state index in [1.165, 1.54) is 11.1 Å². The van der Waals surface area contributed by atoms with E-state index in [4.69, 9.17) is 0 Å². The summed E-state index contributed by atoms with van der Waals surface area (Å²) in [7, 11) is 1.93. The van der Waals surface area contributed by atoms with Crippen molar-refractivity contribution in [3.05, 3.63) is 59.4 Å². The van der Waals surface area contributed by atoms with Gasteiger partial charge in [-0.3, -0.25) is 4.98 Å². The van der Waals surface area contributed by atoms with Crippen LogP contribution in [-0.4, -0.2) is 12.0 Å². The number of thioether (sulfide) groups is 1. The van der Waals surface area contributed by atoms with Crippen LogP contribution in [0.25, 0.3) is 0 Å². The molecule has 0 bridgehead atoms. The molecule has 0 aliphatic carbocycles. The first-order chi connectivity index (χ1) is 8.78. The van der Waals surface area contributed by atoms with E-state index in [9.17, 15) is 0 Å². The molecule has 0 saturated carbocycles. The van der Waals surface area contributed by atoms with Crippen molar-refractivity contribution >= 4 is 17.4 Å². The number of aryl methyl sites for hydroxylation is 1. The van der Waals surface area contributed by atoms with Crippen LogP contribution in [0.2, 0.25) is 0 Å². The van der Waals surface area contributed by atoms with Crippen LogP contribution < -0.4 is 5.32 Å². The van der Waals surface area contributed by atoms with Gasteiger partial charge >= 0.3 is 0 Å². The average molecular weight is 258 g/mol. The number of hydrogen-bond acceptors (Lipinski definition) is 3. The number of rotatable bonds is 5. The highest BCUT2D eigenvalue weighted by Gasteiger charge is 1.98. The fraction of sp³-hybridized carbons (Fsp3) is 0.267. The number of nitrogens with zero attached hydrogens (tertiary/aromatic N) is 1. The zero-order chi connectivity index (χ0) is 12.8. The number of aromatic nitrogens is 1. The van der Waals surface area contributed by atoms with Gasteiger partial charge in [0.2, 0.25) is 0 Å². The number of nitrogens with one attached hydrogen (secondary N) is 1. The number of benzene rings is 1. The first-order valence-corrected chi connectivity index (χ1v) is 7.19. The van der Waals surface area contributed by atoms with Crippen LogP contribution in [0.15, 0.2) is 42.6 Å². The zero-order valence-electron chi connectivity index (χ0n) is 10.8. The van der Waals surface area contributed by atoms with Gasteiger partial charge < -0.3 is 5.32 Å². The first-order valence-electron chi connectivity index (χ1n) is 6.04. The van der Waals surface area contributed by atoms with Crippen molar-refractivity contribution in [2.75, 3.05) is 12.4 Å². The van der Waals surface area contributed by atoms with Crippen LogP contribution in [-0.2, 0) is 11.5 Å². The van der Waals surface area contributed by atoms with Gasteiger partial charge in [0.25, 0.3) is 0 Å². The molecule has 0 aliphatic heterocycles. The molecule has 0 atom stereocenters. The molecule has 0 fully saturated rings. The highest BCUT2D eigenvalue weighted by Crippen LogP contribution is 2.18. The predicted octanol–water partition coefficient (Wildman–Crippen LogP) is 3.87. The molecule has 1 aromatic heterocycles. The zero-order valence-corrected chi connectivity index (χ0v) is 11.6. The molecule has 3 heteroatoms. The third-order valence-corrected chi connectivity index (χ3v) is 3.74.